The molecule has 1 aromatic rings. The van der Waals surface area contributed by atoms with Gasteiger partial charge in [0.25, 0.3) is 5.91 Å². The van der Waals surface area contributed by atoms with Crippen molar-refractivity contribution in [1.82, 2.24) is 15.1 Å². The summed E-state index contributed by atoms with van der Waals surface area (Å²) in [5.74, 6) is 2.84. The molecule has 1 heterocycles. The minimum atomic E-state index is -0.905. The molecule has 1 amide bonds. The normalized spacial score (nSPS) is 31.8. The highest BCUT2D eigenvalue weighted by Crippen LogP contribution is 2.53. The Hall–Kier alpha value is -2.31. The Bertz CT molecular complexity index is 843. The van der Waals surface area contributed by atoms with Crippen molar-refractivity contribution in [1.29, 1.82) is 0 Å². The number of nitrogens with one attached hydrogen (secondary N) is 1. The molecule has 7 heteroatoms. The van der Waals surface area contributed by atoms with Crippen molar-refractivity contribution in [3.05, 3.63) is 17.8 Å². The van der Waals surface area contributed by atoms with E-state index in [2.05, 4.69) is 10.4 Å². The Morgan fingerprint density at radius 2 is 1.78 bits per heavy atom. The summed E-state index contributed by atoms with van der Waals surface area (Å²) in [5.41, 5.74) is 0.453. The molecule has 5 fully saturated rings. The molecule has 5 aliphatic carbocycles. The van der Waals surface area contributed by atoms with Gasteiger partial charge in [-0.2, -0.15) is 5.10 Å². The van der Waals surface area contributed by atoms with E-state index in [9.17, 15) is 9.59 Å². The van der Waals surface area contributed by atoms with Crippen molar-refractivity contribution >= 4 is 18.1 Å². The van der Waals surface area contributed by atoms with E-state index in [0.717, 1.165) is 24.7 Å². The number of aromatic nitrogens is 2. The van der Waals surface area contributed by atoms with Crippen LogP contribution in [0.1, 0.15) is 81.0 Å². The van der Waals surface area contributed by atoms with Crippen molar-refractivity contribution in [2.45, 2.75) is 76.7 Å². The molecule has 32 heavy (non-hydrogen) atoms. The van der Waals surface area contributed by atoms with Gasteiger partial charge in [0.1, 0.15) is 5.56 Å². The lowest BCUT2D eigenvalue weighted by atomic mass is 9.54. The summed E-state index contributed by atoms with van der Waals surface area (Å²) in [6.07, 6.45) is 17.0. The molecule has 0 saturated heterocycles. The van der Waals surface area contributed by atoms with Crippen molar-refractivity contribution in [3.8, 4) is 5.88 Å². The van der Waals surface area contributed by atoms with E-state index in [1.807, 2.05) is 0 Å². The Kier molecular flexibility index (Phi) is 6.24. The summed E-state index contributed by atoms with van der Waals surface area (Å²) in [4.78, 5) is 24.2. The standard InChI is InChI=1S/C25H35N3O4/c29-22(30)7-4-8-28-25(32-15-16-5-2-1-3-6-16)21(14-26-28)24(31)27-23-19-10-17-9-18(12-19)13-20(23)11-17/h4,8,14,16-20,23H,1-3,5-7,9-13,15H2,(H,27,31)(H,29,30)/b8-4+. The number of carbonyl (C=O) groups excluding carboxylic acids is 1. The molecule has 0 aromatic carbocycles. The molecular formula is C25H35N3O4. The molecule has 6 rings (SSSR count). The van der Waals surface area contributed by atoms with Crippen LogP contribution in [-0.4, -0.2) is 39.4 Å². The number of carboxylic acid groups (broad SMARTS) is 1. The molecule has 0 aliphatic heterocycles. The van der Waals surface area contributed by atoms with Crippen molar-refractivity contribution in [2.75, 3.05) is 6.61 Å². The van der Waals surface area contributed by atoms with Crippen LogP contribution in [0.4, 0.5) is 0 Å². The average molecular weight is 442 g/mol. The van der Waals surface area contributed by atoms with Crippen LogP contribution in [0.5, 0.6) is 5.88 Å². The predicted octanol–water partition coefficient (Wildman–Crippen LogP) is 4.34. The second-order valence-corrected chi connectivity index (χ2v) is 10.5. The Labute approximate surface area is 189 Å². The summed E-state index contributed by atoms with van der Waals surface area (Å²) >= 11 is 0. The Balaban J connectivity index is 1.31. The molecule has 1 aromatic heterocycles. The largest absolute Gasteiger partial charge is 0.481 e. The van der Waals surface area contributed by atoms with Gasteiger partial charge in [-0.3, -0.25) is 9.59 Å². The van der Waals surface area contributed by atoms with Crippen LogP contribution in [0, 0.1) is 29.6 Å². The van der Waals surface area contributed by atoms with Gasteiger partial charge >= 0.3 is 5.97 Å². The Morgan fingerprint density at radius 1 is 1.09 bits per heavy atom. The zero-order chi connectivity index (χ0) is 22.1. The number of amides is 1. The van der Waals surface area contributed by atoms with Gasteiger partial charge < -0.3 is 15.2 Å². The number of rotatable bonds is 8. The first-order chi connectivity index (χ1) is 15.6. The van der Waals surface area contributed by atoms with E-state index >= 15 is 0 Å². The van der Waals surface area contributed by atoms with Crippen molar-refractivity contribution in [2.24, 2.45) is 29.6 Å². The summed E-state index contributed by atoms with van der Waals surface area (Å²) in [6.45, 7) is 0.566. The fourth-order valence-corrected chi connectivity index (χ4v) is 6.95. The van der Waals surface area contributed by atoms with Crippen molar-refractivity contribution < 1.29 is 19.4 Å². The van der Waals surface area contributed by atoms with Crippen LogP contribution >= 0.6 is 0 Å². The highest BCUT2D eigenvalue weighted by atomic mass is 16.5. The molecule has 5 saturated carbocycles. The van der Waals surface area contributed by atoms with Crippen LogP contribution < -0.4 is 10.1 Å². The van der Waals surface area contributed by atoms with E-state index in [1.54, 1.807) is 12.4 Å². The second kappa shape index (κ2) is 9.28. The minimum Gasteiger partial charge on any atom is -0.481 e. The number of aliphatic carboxylic acids is 1. The van der Waals surface area contributed by atoms with Gasteiger partial charge in [-0.25, -0.2) is 4.68 Å². The van der Waals surface area contributed by atoms with Crippen LogP contribution in [0.3, 0.4) is 0 Å². The lowest BCUT2D eigenvalue weighted by molar-refractivity contribution is -0.135. The fourth-order valence-electron chi connectivity index (χ4n) is 6.95. The van der Waals surface area contributed by atoms with Crippen LogP contribution in [0.2, 0.25) is 0 Å². The highest BCUT2D eigenvalue weighted by molar-refractivity contribution is 5.96. The number of nitrogens with zero attached hydrogens (tertiary/aromatic N) is 2. The van der Waals surface area contributed by atoms with Gasteiger partial charge in [0.2, 0.25) is 5.88 Å². The lowest BCUT2D eigenvalue weighted by Crippen LogP contribution is -2.55. The molecule has 4 bridgehead atoms. The first kappa shape index (κ1) is 21.5. The van der Waals surface area contributed by atoms with Gasteiger partial charge in [-0.15, -0.1) is 0 Å². The van der Waals surface area contributed by atoms with E-state index in [0.29, 0.717) is 35.8 Å². The third-order valence-corrected chi connectivity index (χ3v) is 8.24. The third kappa shape index (κ3) is 4.57. The topological polar surface area (TPSA) is 93.5 Å². The van der Waals surface area contributed by atoms with E-state index < -0.39 is 5.97 Å². The Morgan fingerprint density at radius 3 is 2.44 bits per heavy atom. The fraction of sp³-hybridized carbons (Fsp3) is 0.720. The molecule has 0 atom stereocenters. The van der Waals surface area contributed by atoms with E-state index in [-0.39, 0.29) is 18.4 Å². The predicted molar refractivity (Wildman–Crippen MR) is 120 cm³/mol. The van der Waals surface area contributed by atoms with Gasteiger partial charge in [-0.1, -0.05) is 25.3 Å². The van der Waals surface area contributed by atoms with Gasteiger partial charge in [-0.05, 0) is 74.5 Å². The number of hydrogen-bond donors (Lipinski definition) is 2. The first-order valence-electron chi connectivity index (χ1n) is 12.5. The van der Waals surface area contributed by atoms with Crippen LogP contribution in [0.25, 0.3) is 6.20 Å². The highest BCUT2D eigenvalue weighted by Gasteiger charge is 2.48. The number of carbonyl (C=O) groups is 2. The first-order valence-corrected chi connectivity index (χ1v) is 12.5. The molecule has 174 valence electrons. The average Bonchev–Trinajstić information content (AvgIpc) is 3.17. The number of ether oxygens (including phenoxy) is 1. The molecule has 7 nitrogen and oxygen atoms in total. The smallest absolute Gasteiger partial charge is 0.307 e. The molecule has 5 aliphatic rings. The summed E-state index contributed by atoms with van der Waals surface area (Å²) in [5, 5.41) is 16.6. The number of carboxylic acids is 1. The zero-order valence-electron chi connectivity index (χ0n) is 18.7. The maximum Gasteiger partial charge on any atom is 0.307 e. The van der Waals surface area contributed by atoms with Crippen molar-refractivity contribution in [3.63, 3.8) is 0 Å². The summed E-state index contributed by atoms with van der Waals surface area (Å²) in [6, 6.07) is 0.257. The third-order valence-electron chi connectivity index (χ3n) is 8.24. The molecular weight excluding hydrogens is 406 g/mol. The molecule has 0 spiro atoms. The summed E-state index contributed by atoms with van der Waals surface area (Å²) in [7, 11) is 0. The van der Waals surface area contributed by atoms with Gasteiger partial charge in [0, 0.05) is 12.2 Å². The molecule has 2 N–H and O–H groups in total. The number of hydrogen-bond acceptors (Lipinski definition) is 4. The van der Waals surface area contributed by atoms with E-state index in [4.69, 9.17) is 9.84 Å². The zero-order valence-corrected chi connectivity index (χ0v) is 18.7. The lowest BCUT2D eigenvalue weighted by Gasteiger charge is -2.54. The summed E-state index contributed by atoms with van der Waals surface area (Å²) < 4.78 is 7.69. The monoisotopic (exact) mass is 441 g/mol. The second-order valence-electron chi connectivity index (χ2n) is 10.5. The molecule has 0 unspecified atom stereocenters. The van der Waals surface area contributed by atoms with Crippen LogP contribution in [-0.2, 0) is 4.79 Å². The maximum absolute atomic E-state index is 13.3. The van der Waals surface area contributed by atoms with E-state index in [1.165, 1.54) is 62.1 Å². The minimum absolute atomic E-state index is 0.1000. The quantitative estimate of drug-likeness (QED) is 0.626. The maximum atomic E-state index is 13.3. The SMILES string of the molecule is O=C(O)C/C=C/n1ncc(C(=O)NC2C3CC4CC(C3)CC2C4)c1OCC1CCCCC1. The molecule has 0 radical (unpaired) electrons. The van der Waals surface area contributed by atoms with Gasteiger partial charge in [0.15, 0.2) is 0 Å². The van der Waals surface area contributed by atoms with Gasteiger partial charge in [0.05, 0.1) is 19.2 Å². The van der Waals surface area contributed by atoms with Crippen LogP contribution in [0.15, 0.2) is 12.3 Å².